The number of carboxylic acids is 1. The fourth-order valence-corrected chi connectivity index (χ4v) is 6.74. The molecule has 2 aromatic rings. The highest BCUT2D eigenvalue weighted by molar-refractivity contribution is 5.97. The molecular formula is C34H45N5O8. The third kappa shape index (κ3) is 7.60. The molecule has 2 heterocycles. The van der Waals surface area contributed by atoms with E-state index in [1.807, 2.05) is 6.07 Å². The molecule has 1 aliphatic heterocycles. The van der Waals surface area contributed by atoms with E-state index in [2.05, 4.69) is 20.9 Å². The monoisotopic (exact) mass is 651 g/mol. The number of likely N-dealkylation sites (tertiary alicyclic amines) is 1. The van der Waals surface area contributed by atoms with Crippen LogP contribution in [-0.2, 0) is 24.0 Å². The Morgan fingerprint density at radius 3 is 2.38 bits per heavy atom. The van der Waals surface area contributed by atoms with Crippen LogP contribution in [0.2, 0.25) is 0 Å². The number of rotatable bonds is 12. The number of benzene rings is 1. The van der Waals surface area contributed by atoms with Crippen LogP contribution in [-0.4, -0.2) is 88.0 Å². The van der Waals surface area contributed by atoms with Crippen molar-refractivity contribution in [3.05, 3.63) is 30.5 Å². The zero-order valence-corrected chi connectivity index (χ0v) is 27.4. The first-order valence-corrected chi connectivity index (χ1v) is 16.4. The third-order valence-electron chi connectivity index (χ3n) is 9.57. The first kappa shape index (κ1) is 33.9. The van der Waals surface area contributed by atoms with Crippen LogP contribution >= 0.6 is 0 Å². The van der Waals surface area contributed by atoms with Gasteiger partial charge in [0, 0.05) is 31.0 Å². The molecule has 3 fully saturated rings. The van der Waals surface area contributed by atoms with E-state index in [4.69, 9.17) is 9.47 Å². The van der Waals surface area contributed by atoms with E-state index in [-0.39, 0.29) is 30.7 Å². The number of methoxy groups -OCH3 is 1. The summed E-state index contributed by atoms with van der Waals surface area (Å²) in [4.78, 5) is 71.4. The molecule has 1 aromatic carbocycles. The smallest absolute Gasteiger partial charge is 0.329 e. The molecule has 3 aliphatic rings. The average molecular weight is 652 g/mol. The van der Waals surface area contributed by atoms with Gasteiger partial charge in [-0.2, -0.15) is 0 Å². The molecule has 2 aliphatic carbocycles. The van der Waals surface area contributed by atoms with Crippen molar-refractivity contribution >= 4 is 40.5 Å². The Balaban J connectivity index is 1.39. The second-order valence-electron chi connectivity index (χ2n) is 13.4. The number of carbonyl (C=O) groups excluding carboxylic acids is 4. The van der Waals surface area contributed by atoms with Crippen molar-refractivity contribution in [2.45, 2.75) is 102 Å². The van der Waals surface area contributed by atoms with Crippen molar-refractivity contribution in [2.75, 3.05) is 13.7 Å². The van der Waals surface area contributed by atoms with Gasteiger partial charge >= 0.3 is 5.97 Å². The number of nitrogens with zero attached hydrogens (tertiary/aromatic N) is 2. The number of fused-ring (bicyclic) bond motifs is 1. The van der Waals surface area contributed by atoms with E-state index in [9.17, 15) is 29.1 Å². The maximum absolute atomic E-state index is 14.3. The zero-order valence-electron chi connectivity index (χ0n) is 27.4. The molecule has 1 aromatic heterocycles. The summed E-state index contributed by atoms with van der Waals surface area (Å²) in [5.41, 5.74) is -0.698. The normalized spacial score (nSPS) is 21.9. The van der Waals surface area contributed by atoms with E-state index < -0.39 is 53.5 Å². The van der Waals surface area contributed by atoms with Crippen LogP contribution < -0.4 is 25.4 Å². The number of nitrogens with one attached hydrogen (secondary N) is 3. The minimum atomic E-state index is -1.34. The minimum Gasteiger partial charge on any atom is -0.497 e. The molecule has 4 N–H and O–H groups in total. The Bertz CT molecular complexity index is 1520. The number of pyridine rings is 1. The molecule has 13 heteroatoms. The number of aromatic nitrogens is 1. The lowest BCUT2D eigenvalue weighted by atomic mass is 9.83. The van der Waals surface area contributed by atoms with E-state index in [0.717, 1.165) is 37.5 Å². The summed E-state index contributed by atoms with van der Waals surface area (Å²) in [6, 6.07) is 4.30. The summed E-state index contributed by atoms with van der Waals surface area (Å²) in [5, 5.41) is 18.8. The van der Waals surface area contributed by atoms with Crippen LogP contribution in [0.25, 0.3) is 10.9 Å². The summed E-state index contributed by atoms with van der Waals surface area (Å²) in [6.07, 6.45) is 6.31. The first-order chi connectivity index (χ1) is 22.4. The van der Waals surface area contributed by atoms with Gasteiger partial charge in [0.1, 0.15) is 41.3 Å². The van der Waals surface area contributed by atoms with Gasteiger partial charge in [0.25, 0.3) is 0 Å². The Morgan fingerprint density at radius 1 is 1.04 bits per heavy atom. The zero-order chi connectivity index (χ0) is 33.9. The van der Waals surface area contributed by atoms with E-state index >= 15 is 0 Å². The molecule has 254 valence electrons. The number of aliphatic carboxylic acids is 1. The second-order valence-corrected chi connectivity index (χ2v) is 13.4. The molecule has 13 nitrogen and oxygen atoms in total. The summed E-state index contributed by atoms with van der Waals surface area (Å²) in [7, 11) is 1.57. The molecule has 1 unspecified atom stereocenters. The number of carbonyl (C=O) groups is 5. The summed E-state index contributed by atoms with van der Waals surface area (Å²) < 4.78 is 11.7. The molecule has 2 saturated carbocycles. The Kier molecular flexibility index (Phi) is 10.2. The van der Waals surface area contributed by atoms with Crippen LogP contribution in [0.3, 0.4) is 0 Å². The van der Waals surface area contributed by atoms with Crippen LogP contribution in [0.15, 0.2) is 30.5 Å². The summed E-state index contributed by atoms with van der Waals surface area (Å²) in [5.74, 6) is -2.19. The SMILES string of the molecule is COc1ccc2c(O[C@@H]3CC(C(=O)NC4(C(=O)O)CC4)N(C(=O)[C@@H](NC(=O)[C@@H](NC(C)=O)C4CCCCC4)C(C)C)C3)ccnc2c1. The molecule has 47 heavy (non-hydrogen) atoms. The van der Waals surface area contributed by atoms with Crippen molar-refractivity contribution < 1.29 is 38.6 Å². The highest BCUT2D eigenvalue weighted by Crippen LogP contribution is 2.37. The Morgan fingerprint density at radius 2 is 1.77 bits per heavy atom. The van der Waals surface area contributed by atoms with Gasteiger partial charge in [-0.1, -0.05) is 33.1 Å². The Hall–Kier alpha value is -4.42. The van der Waals surface area contributed by atoms with Crippen LogP contribution in [0.5, 0.6) is 11.5 Å². The summed E-state index contributed by atoms with van der Waals surface area (Å²) >= 11 is 0. The first-order valence-electron chi connectivity index (χ1n) is 16.4. The molecule has 4 amide bonds. The highest BCUT2D eigenvalue weighted by atomic mass is 16.5. The van der Waals surface area contributed by atoms with Crippen LogP contribution in [0, 0.1) is 11.8 Å². The number of hydrogen-bond acceptors (Lipinski definition) is 8. The fraction of sp³-hybridized carbons (Fsp3) is 0.588. The molecule has 5 rings (SSSR count). The van der Waals surface area contributed by atoms with Crippen molar-refractivity contribution in [3.63, 3.8) is 0 Å². The third-order valence-corrected chi connectivity index (χ3v) is 9.57. The maximum atomic E-state index is 14.3. The largest absolute Gasteiger partial charge is 0.497 e. The van der Waals surface area contributed by atoms with Gasteiger partial charge in [0.05, 0.1) is 19.2 Å². The van der Waals surface area contributed by atoms with Gasteiger partial charge in [0.15, 0.2) is 0 Å². The fourth-order valence-electron chi connectivity index (χ4n) is 6.74. The predicted octanol–water partition coefficient (Wildman–Crippen LogP) is 2.55. The van der Waals surface area contributed by atoms with Gasteiger partial charge in [-0.3, -0.25) is 24.2 Å². The molecule has 0 radical (unpaired) electrons. The highest BCUT2D eigenvalue weighted by Gasteiger charge is 2.54. The second kappa shape index (κ2) is 14.1. The lowest BCUT2D eigenvalue weighted by molar-refractivity contribution is -0.146. The molecule has 1 saturated heterocycles. The van der Waals surface area contributed by atoms with Crippen LogP contribution in [0.4, 0.5) is 0 Å². The predicted molar refractivity (Wildman–Crippen MR) is 172 cm³/mol. The van der Waals surface area contributed by atoms with Gasteiger partial charge in [-0.15, -0.1) is 0 Å². The number of hydrogen-bond donors (Lipinski definition) is 4. The minimum absolute atomic E-state index is 0.0355. The topological polar surface area (TPSA) is 176 Å². The van der Waals surface area contributed by atoms with Crippen molar-refractivity contribution in [2.24, 2.45) is 11.8 Å². The van der Waals surface area contributed by atoms with Crippen molar-refractivity contribution in [1.82, 2.24) is 25.8 Å². The van der Waals surface area contributed by atoms with Gasteiger partial charge in [-0.25, -0.2) is 4.79 Å². The molecule has 0 bridgehead atoms. The quantitative estimate of drug-likeness (QED) is 0.269. The van der Waals surface area contributed by atoms with E-state index in [1.165, 1.54) is 11.8 Å². The lowest BCUT2D eigenvalue weighted by Gasteiger charge is -2.34. The lowest BCUT2D eigenvalue weighted by Crippen LogP contribution is -2.60. The molecular weight excluding hydrogens is 606 g/mol. The Labute approximate surface area is 274 Å². The van der Waals surface area contributed by atoms with Gasteiger partial charge < -0.3 is 35.4 Å². The molecule has 0 spiro atoms. The number of carboxylic acid groups (broad SMARTS) is 1. The molecule has 4 atom stereocenters. The van der Waals surface area contributed by atoms with Gasteiger partial charge in [0.2, 0.25) is 23.6 Å². The van der Waals surface area contributed by atoms with Gasteiger partial charge in [-0.05, 0) is 55.7 Å². The maximum Gasteiger partial charge on any atom is 0.329 e. The van der Waals surface area contributed by atoms with Crippen molar-refractivity contribution in [3.8, 4) is 11.5 Å². The van der Waals surface area contributed by atoms with Crippen LogP contribution in [0.1, 0.15) is 72.1 Å². The summed E-state index contributed by atoms with van der Waals surface area (Å²) in [6.45, 7) is 5.01. The van der Waals surface area contributed by atoms with E-state index in [1.54, 1.807) is 45.4 Å². The van der Waals surface area contributed by atoms with Crippen molar-refractivity contribution in [1.29, 1.82) is 0 Å². The average Bonchev–Trinajstić information content (AvgIpc) is 3.72. The number of ether oxygens (including phenoxy) is 2. The van der Waals surface area contributed by atoms with E-state index in [0.29, 0.717) is 29.9 Å². The number of amides is 4. The standard InChI is InChI=1S/C34H45N5O8/c1-19(2)28(37-31(42)29(36-20(3)40)21-8-6-5-7-9-21)32(43)39-18-23(17-26(39)30(41)38-34(13-14-34)33(44)45)47-27-12-15-35-25-16-22(46-4)10-11-24(25)27/h10-12,15-16,19,21,23,26,28-29H,5-9,13-14,17-18H2,1-4H3,(H,36,40)(H,37,42)(H,38,41)(H,44,45)/t23-,26?,28+,29+/m1/s1.